The number of ether oxygens (including phenoxy) is 2. The SMILES string of the molecule is CC1CCC(O)(C2CCOC3(CCOC3)C2)CC1C. The van der Waals surface area contributed by atoms with Gasteiger partial charge < -0.3 is 14.6 Å². The summed E-state index contributed by atoms with van der Waals surface area (Å²) in [7, 11) is 0. The van der Waals surface area contributed by atoms with Gasteiger partial charge in [0.05, 0.1) is 17.8 Å². The summed E-state index contributed by atoms with van der Waals surface area (Å²) in [6.45, 7) is 6.95. The summed E-state index contributed by atoms with van der Waals surface area (Å²) in [5.41, 5.74) is -0.532. The summed E-state index contributed by atoms with van der Waals surface area (Å²) in [5.74, 6) is 1.79. The Morgan fingerprint density at radius 2 is 1.84 bits per heavy atom. The number of aliphatic hydroxyl groups is 1. The average molecular weight is 268 g/mol. The Morgan fingerprint density at radius 3 is 2.53 bits per heavy atom. The quantitative estimate of drug-likeness (QED) is 0.795. The van der Waals surface area contributed by atoms with Gasteiger partial charge in [0.15, 0.2) is 0 Å². The molecular formula is C16H28O3. The lowest BCUT2D eigenvalue weighted by atomic mass is 9.64. The van der Waals surface area contributed by atoms with Crippen molar-refractivity contribution in [2.75, 3.05) is 19.8 Å². The lowest BCUT2D eigenvalue weighted by Crippen LogP contribution is -2.51. The van der Waals surface area contributed by atoms with Crippen LogP contribution >= 0.6 is 0 Å². The molecular weight excluding hydrogens is 240 g/mol. The van der Waals surface area contributed by atoms with Crippen LogP contribution in [0.25, 0.3) is 0 Å². The molecule has 0 radical (unpaired) electrons. The van der Waals surface area contributed by atoms with Crippen molar-refractivity contribution in [1.82, 2.24) is 0 Å². The smallest absolute Gasteiger partial charge is 0.0940 e. The van der Waals surface area contributed by atoms with E-state index in [0.717, 1.165) is 57.8 Å². The van der Waals surface area contributed by atoms with Gasteiger partial charge in [0.2, 0.25) is 0 Å². The molecule has 1 aliphatic carbocycles. The second-order valence-electron chi connectivity index (χ2n) is 7.32. The monoisotopic (exact) mass is 268 g/mol. The highest BCUT2D eigenvalue weighted by molar-refractivity contribution is 4.99. The molecule has 1 saturated carbocycles. The van der Waals surface area contributed by atoms with E-state index in [-0.39, 0.29) is 5.60 Å². The van der Waals surface area contributed by atoms with Crippen LogP contribution in [-0.4, -0.2) is 36.1 Å². The van der Waals surface area contributed by atoms with E-state index >= 15 is 0 Å². The van der Waals surface area contributed by atoms with Crippen LogP contribution in [0.15, 0.2) is 0 Å². The highest BCUT2D eigenvalue weighted by atomic mass is 16.6. The average Bonchev–Trinajstić information content (AvgIpc) is 2.83. The Hall–Kier alpha value is -0.120. The fourth-order valence-electron chi connectivity index (χ4n) is 4.34. The summed E-state index contributed by atoms with van der Waals surface area (Å²) in [6.07, 6.45) is 6.11. The first-order valence-corrected chi connectivity index (χ1v) is 7.97. The molecule has 0 aromatic rings. The predicted octanol–water partition coefficient (Wildman–Crippen LogP) is 2.76. The van der Waals surface area contributed by atoms with E-state index < -0.39 is 5.60 Å². The minimum absolute atomic E-state index is 0.0784. The largest absolute Gasteiger partial charge is 0.390 e. The van der Waals surface area contributed by atoms with Crippen molar-refractivity contribution < 1.29 is 14.6 Å². The van der Waals surface area contributed by atoms with Gasteiger partial charge in [-0.05, 0) is 49.9 Å². The summed E-state index contributed by atoms with van der Waals surface area (Å²) < 4.78 is 11.5. The fraction of sp³-hybridized carbons (Fsp3) is 1.00. The van der Waals surface area contributed by atoms with Gasteiger partial charge in [0, 0.05) is 19.6 Å². The summed E-state index contributed by atoms with van der Waals surface area (Å²) >= 11 is 0. The normalized spacial score (nSPS) is 51.6. The topological polar surface area (TPSA) is 38.7 Å². The standard InChI is InChI=1S/C16H28O3/c1-12-3-5-16(17,9-13(12)2)14-4-7-19-15(10-14)6-8-18-11-15/h12-14,17H,3-11H2,1-2H3. The molecule has 3 aliphatic rings. The third-order valence-corrected chi connectivity index (χ3v) is 6.00. The van der Waals surface area contributed by atoms with Crippen LogP contribution in [0, 0.1) is 17.8 Å². The Morgan fingerprint density at radius 1 is 1.00 bits per heavy atom. The van der Waals surface area contributed by atoms with Gasteiger partial charge in [-0.1, -0.05) is 13.8 Å². The van der Waals surface area contributed by atoms with Gasteiger partial charge in [0.1, 0.15) is 0 Å². The zero-order valence-corrected chi connectivity index (χ0v) is 12.4. The van der Waals surface area contributed by atoms with E-state index in [9.17, 15) is 5.11 Å². The number of hydrogen-bond acceptors (Lipinski definition) is 3. The van der Waals surface area contributed by atoms with Gasteiger partial charge in [-0.3, -0.25) is 0 Å². The van der Waals surface area contributed by atoms with Gasteiger partial charge in [0.25, 0.3) is 0 Å². The summed E-state index contributed by atoms with van der Waals surface area (Å²) in [4.78, 5) is 0. The van der Waals surface area contributed by atoms with Crippen molar-refractivity contribution in [3.63, 3.8) is 0 Å². The van der Waals surface area contributed by atoms with Crippen molar-refractivity contribution in [3.8, 4) is 0 Å². The Kier molecular flexibility index (Phi) is 3.65. The minimum Gasteiger partial charge on any atom is -0.390 e. The molecule has 2 heterocycles. The maximum atomic E-state index is 11.1. The van der Waals surface area contributed by atoms with Gasteiger partial charge in [-0.15, -0.1) is 0 Å². The van der Waals surface area contributed by atoms with E-state index in [0.29, 0.717) is 11.8 Å². The van der Waals surface area contributed by atoms with Crippen molar-refractivity contribution in [2.45, 2.75) is 63.6 Å². The molecule has 3 nitrogen and oxygen atoms in total. The molecule has 110 valence electrons. The lowest BCUT2D eigenvalue weighted by Gasteiger charge is -2.48. The molecule has 2 saturated heterocycles. The highest BCUT2D eigenvalue weighted by Crippen LogP contribution is 2.47. The molecule has 0 aromatic heterocycles. The van der Waals surface area contributed by atoms with Crippen molar-refractivity contribution in [3.05, 3.63) is 0 Å². The first-order valence-electron chi connectivity index (χ1n) is 7.97. The van der Waals surface area contributed by atoms with Crippen LogP contribution in [0.1, 0.15) is 52.4 Å². The maximum absolute atomic E-state index is 11.1. The molecule has 5 atom stereocenters. The molecule has 1 spiro atoms. The highest BCUT2D eigenvalue weighted by Gasteiger charge is 2.49. The Bertz CT molecular complexity index is 324. The molecule has 0 amide bonds. The summed E-state index contributed by atoms with van der Waals surface area (Å²) in [5, 5.41) is 11.1. The zero-order valence-electron chi connectivity index (χ0n) is 12.4. The van der Waals surface area contributed by atoms with Crippen LogP contribution in [0.5, 0.6) is 0 Å². The first-order chi connectivity index (χ1) is 9.03. The van der Waals surface area contributed by atoms with E-state index in [2.05, 4.69) is 13.8 Å². The zero-order chi connectivity index (χ0) is 13.5. The molecule has 0 bridgehead atoms. The van der Waals surface area contributed by atoms with Gasteiger partial charge in [-0.25, -0.2) is 0 Å². The fourth-order valence-corrected chi connectivity index (χ4v) is 4.34. The second-order valence-corrected chi connectivity index (χ2v) is 7.32. The summed E-state index contributed by atoms with van der Waals surface area (Å²) in [6, 6.07) is 0. The predicted molar refractivity (Wildman–Crippen MR) is 74.0 cm³/mol. The maximum Gasteiger partial charge on any atom is 0.0940 e. The van der Waals surface area contributed by atoms with E-state index in [4.69, 9.17) is 9.47 Å². The van der Waals surface area contributed by atoms with Gasteiger partial charge in [-0.2, -0.15) is 0 Å². The van der Waals surface area contributed by atoms with Crippen LogP contribution in [-0.2, 0) is 9.47 Å². The van der Waals surface area contributed by atoms with Crippen molar-refractivity contribution >= 4 is 0 Å². The van der Waals surface area contributed by atoms with E-state index in [1.165, 1.54) is 6.42 Å². The second kappa shape index (κ2) is 5.01. The van der Waals surface area contributed by atoms with E-state index in [1.807, 2.05) is 0 Å². The van der Waals surface area contributed by atoms with Crippen LogP contribution in [0.4, 0.5) is 0 Å². The number of rotatable bonds is 1. The third-order valence-electron chi connectivity index (χ3n) is 6.00. The van der Waals surface area contributed by atoms with Crippen LogP contribution < -0.4 is 0 Å². The first kappa shape index (κ1) is 13.8. The number of hydrogen-bond donors (Lipinski definition) is 1. The molecule has 2 aliphatic heterocycles. The Balaban J connectivity index is 1.70. The molecule has 3 heteroatoms. The van der Waals surface area contributed by atoms with Gasteiger partial charge >= 0.3 is 0 Å². The molecule has 3 fully saturated rings. The molecule has 1 N–H and O–H groups in total. The third kappa shape index (κ3) is 2.57. The molecule has 19 heavy (non-hydrogen) atoms. The lowest BCUT2D eigenvalue weighted by molar-refractivity contribution is -0.158. The molecule has 3 rings (SSSR count). The molecule has 0 aromatic carbocycles. The molecule has 5 unspecified atom stereocenters. The van der Waals surface area contributed by atoms with Crippen molar-refractivity contribution in [2.24, 2.45) is 17.8 Å². The van der Waals surface area contributed by atoms with Crippen LogP contribution in [0.3, 0.4) is 0 Å². The minimum atomic E-state index is -0.453. The van der Waals surface area contributed by atoms with E-state index in [1.54, 1.807) is 0 Å². The Labute approximate surface area is 116 Å². The van der Waals surface area contributed by atoms with Crippen LogP contribution in [0.2, 0.25) is 0 Å². The van der Waals surface area contributed by atoms with Crippen molar-refractivity contribution in [1.29, 1.82) is 0 Å².